The molecule has 2 aromatic carbocycles. The predicted molar refractivity (Wildman–Crippen MR) is 91.0 cm³/mol. The summed E-state index contributed by atoms with van der Waals surface area (Å²) in [5.74, 6) is 0.163. The topological polar surface area (TPSA) is 46.2 Å². The molecule has 0 heterocycles. The number of halogens is 6. The maximum Gasteiger partial charge on any atom is 0.416 e. The number of hydrogen-bond acceptors (Lipinski definition) is 2. The van der Waals surface area contributed by atoms with Gasteiger partial charge in [-0.1, -0.05) is 26.0 Å². The van der Waals surface area contributed by atoms with E-state index in [0.29, 0.717) is 12.1 Å². The second-order valence-corrected chi connectivity index (χ2v) is 8.23. The fourth-order valence-corrected chi connectivity index (χ4v) is 3.43. The van der Waals surface area contributed by atoms with Crippen molar-refractivity contribution in [1.82, 2.24) is 4.72 Å². The molecular weight excluding hydrogens is 408 g/mol. The standard InChI is InChI=1S/C18H17F6NO2S/c1-11(2)13-3-5-16(6-4-13)28(26,27)25-10-12-7-14(17(19,20)21)9-15(8-12)18(22,23)24/h3-9,11,25H,10H2,1-2H3. The van der Waals surface area contributed by atoms with Gasteiger partial charge < -0.3 is 0 Å². The Morgan fingerprint density at radius 2 is 1.32 bits per heavy atom. The molecule has 0 saturated carbocycles. The van der Waals surface area contributed by atoms with E-state index in [9.17, 15) is 34.8 Å². The van der Waals surface area contributed by atoms with Gasteiger partial charge >= 0.3 is 12.4 Å². The zero-order valence-corrected chi connectivity index (χ0v) is 15.6. The van der Waals surface area contributed by atoms with Crippen LogP contribution in [0.3, 0.4) is 0 Å². The van der Waals surface area contributed by atoms with Crippen molar-refractivity contribution in [2.24, 2.45) is 0 Å². The quantitative estimate of drug-likeness (QED) is 0.659. The fourth-order valence-electron chi connectivity index (χ4n) is 2.41. The Labute approximate surface area is 158 Å². The zero-order valence-electron chi connectivity index (χ0n) is 14.8. The molecule has 0 aromatic heterocycles. The van der Waals surface area contributed by atoms with Gasteiger partial charge in [0, 0.05) is 6.54 Å². The minimum absolute atomic E-state index is 0.0113. The molecule has 10 heteroatoms. The average molecular weight is 425 g/mol. The summed E-state index contributed by atoms with van der Waals surface area (Å²) in [6, 6.07) is 6.79. The highest BCUT2D eigenvalue weighted by atomic mass is 32.2. The second-order valence-electron chi connectivity index (χ2n) is 6.46. The van der Waals surface area contributed by atoms with E-state index in [-0.39, 0.29) is 16.9 Å². The van der Waals surface area contributed by atoms with Crippen molar-refractivity contribution in [2.75, 3.05) is 0 Å². The van der Waals surface area contributed by atoms with Crippen molar-refractivity contribution in [1.29, 1.82) is 0 Å². The molecule has 2 aromatic rings. The SMILES string of the molecule is CC(C)c1ccc(S(=O)(=O)NCc2cc(C(F)(F)F)cc(C(F)(F)F)c2)cc1. The number of hydrogen-bond donors (Lipinski definition) is 1. The highest BCUT2D eigenvalue weighted by molar-refractivity contribution is 7.89. The molecule has 0 unspecified atom stereocenters. The second kappa shape index (κ2) is 7.75. The Hall–Kier alpha value is -2.07. The van der Waals surface area contributed by atoms with Crippen molar-refractivity contribution in [3.8, 4) is 0 Å². The molecule has 0 aliphatic rings. The molecule has 0 radical (unpaired) electrons. The van der Waals surface area contributed by atoms with E-state index in [2.05, 4.69) is 0 Å². The summed E-state index contributed by atoms with van der Waals surface area (Å²) in [7, 11) is -4.11. The molecule has 1 N–H and O–H groups in total. The van der Waals surface area contributed by atoms with Crippen molar-refractivity contribution < 1.29 is 34.8 Å². The van der Waals surface area contributed by atoms with E-state index in [4.69, 9.17) is 0 Å². The molecule has 0 fully saturated rings. The van der Waals surface area contributed by atoms with Crippen molar-refractivity contribution >= 4 is 10.0 Å². The van der Waals surface area contributed by atoms with Crippen LogP contribution >= 0.6 is 0 Å². The predicted octanol–water partition coefficient (Wildman–Crippen LogP) is 5.33. The maximum absolute atomic E-state index is 12.9. The van der Waals surface area contributed by atoms with Crippen LogP contribution in [-0.4, -0.2) is 8.42 Å². The summed E-state index contributed by atoms with van der Waals surface area (Å²) >= 11 is 0. The van der Waals surface area contributed by atoms with Crippen molar-refractivity contribution in [3.63, 3.8) is 0 Å². The molecule has 0 amide bonds. The molecule has 0 atom stereocenters. The fraction of sp³-hybridized carbons (Fsp3) is 0.333. The van der Waals surface area contributed by atoms with Crippen molar-refractivity contribution in [3.05, 3.63) is 64.7 Å². The summed E-state index contributed by atoms with van der Waals surface area (Å²) < 4.78 is 104. The summed E-state index contributed by atoms with van der Waals surface area (Å²) in [6.07, 6.45) is -10.00. The van der Waals surface area contributed by atoms with Crippen LogP contribution in [0.5, 0.6) is 0 Å². The van der Waals surface area contributed by atoms with E-state index < -0.39 is 45.6 Å². The lowest BCUT2D eigenvalue weighted by Gasteiger charge is -2.15. The van der Waals surface area contributed by atoms with Gasteiger partial charge in [0.25, 0.3) is 0 Å². The van der Waals surface area contributed by atoms with E-state index in [1.807, 2.05) is 18.6 Å². The molecule has 0 spiro atoms. The molecule has 28 heavy (non-hydrogen) atoms. The summed E-state index contributed by atoms with van der Waals surface area (Å²) in [6.45, 7) is 3.10. The normalized spacial score (nSPS) is 13.2. The molecule has 2 rings (SSSR count). The van der Waals surface area contributed by atoms with Crippen molar-refractivity contribution in [2.45, 2.75) is 43.6 Å². The Morgan fingerprint density at radius 3 is 1.71 bits per heavy atom. The van der Waals surface area contributed by atoms with Gasteiger partial charge in [0.1, 0.15) is 0 Å². The number of rotatable bonds is 5. The minimum Gasteiger partial charge on any atom is -0.207 e. The van der Waals surface area contributed by atoms with Crippen LogP contribution in [0, 0.1) is 0 Å². The first kappa shape index (κ1) is 22.2. The van der Waals surface area contributed by atoms with Crippen LogP contribution in [0.4, 0.5) is 26.3 Å². The van der Waals surface area contributed by atoms with Gasteiger partial charge in [0.05, 0.1) is 16.0 Å². The summed E-state index contributed by atoms with van der Waals surface area (Å²) in [4.78, 5) is -0.139. The van der Waals surface area contributed by atoms with Gasteiger partial charge in [-0.3, -0.25) is 0 Å². The Kier molecular flexibility index (Phi) is 6.15. The Balaban J connectivity index is 2.29. The first-order valence-electron chi connectivity index (χ1n) is 8.08. The van der Waals surface area contributed by atoms with E-state index in [1.165, 1.54) is 12.1 Å². The molecule has 0 aliphatic heterocycles. The largest absolute Gasteiger partial charge is 0.416 e. The molecule has 0 saturated heterocycles. The number of nitrogens with one attached hydrogen (secondary N) is 1. The van der Waals surface area contributed by atoms with Crippen LogP contribution in [0.25, 0.3) is 0 Å². The van der Waals surface area contributed by atoms with Gasteiger partial charge in [-0.05, 0) is 47.4 Å². The minimum atomic E-state index is -5.00. The molecule has 3 nitrogen and oxygen atoms in total. The third-order valence-electron chi connectivity index (χ3n) is 3.97. The van der Waals surface area contributed by atoms with Crippen LogP contribution in [0.15, 0.2) is 47.4 Å². The lowest BCUT2D eigenvalue weighted by atomic mass is 10.0. The third-order valence-corrected chi connectivity index (χ3v) is 5.39. The summed E-state index contributed by atoms with van der Waals surface area (Å²) in [5.41, 5.74) is -2.58. The molecule has 0 bridgehead atoms. The highest BCUT2D eigenvalue weighted by Gasteiger charge is 2.36. The first-order chi connectivity index (χ1) is 12.7. The van der Waals surface area contributed by atoms with Gasteiger partial charge in [0.2, 0.25) is 10.0 Å². The maximum atomic E-state index is 12.9. The summed E-state index contributed by atoms with van der Waals surface area (Å²) in [5, 5.41) is 0. The van der Waals surface area contributed by atoms with E-state index in [0.717, 1.165) is 5.56 Å². The smallest absolute Gasteiger partial charge is 0.207 e. The van der Waals surface area contributed by atoms with Gasteiger partial charge in [-0.2, -0.15) is 26.3 Å². The van der Waals surface area contributed by atoms with Crippen LogP contribution < -0.4 is 4.72 Å². The Bertz CT molecular complexity index is 900. The lowest BCUT2D eigenvalue weighted by molar-refractivity contribution is -0.143. The van der Waals surface area contributed by atoms with Crippen LogP contribution in [0.2, 0.25) is 0 Å². The van der Waals surface area contributed by atoms with Crippen LogP contribution in [0.1, 0.15) is 42.0 Å². The monoisotopic (exact) mass is 425 g/mol. The van der Waals surface area contributed by atoms with Gasteiger partial charge in [-0.15, -0.1) is 0 Å². The molecule has 0 aliphatic carbocycles. The number of sulfonamides is 1. The van der Waals surface area contributed by atoms with Gasteiger partial charge in [0.15, 0.2) is 0 Å². The highest BCUT2D eigenvalue weighted by Crippen LogP contribution is 2.36. The Morgan fingerprint density at radius 1 is 0.857 bits per heavy atom. The number of alkyl halides is 6. The number of benzene rings is 2. The van der Waals surface area contributed by atoms with E-state index >= 15 is 0 Å². The van der Waals surface area contributed by atoms with Crippen LogP contribution in [-0.2, 0) is 28.9 Å². The zero-order chi connectivity index (χ0) is 21.3. The lowest BCUT2D eigenvalue weighted by Crippen LogP contribution is -2.24. The molecular formula is C18H17F6NO2S. The average Bonchev–Trinajstić information content (AvgIpc) is 2.58. The third kappa shape index (κ3) is 5.48. The first-order valence-corrected chi connectivity index (χ1v) is 9.56. The van der Waals surface area contributed by atoms with Gasteiger partial charge in [-0.25, -0.2) is 13.1 Å². The van der Waals surface area contributed by atoms with E-state index in [1.54, 1.807) is 12.1 Å². The molecule has 154 valence electrons.